The Morgan fingerprint density at radius 2 is 2.00 bits per heavy atom. The number of rotatable bonds is 2. The zero-order chi connectivity index (χ0) is 11.3. The molecular formula is C14H16ILi. The molecule has 0 heterocycles. The molecule has 1 aromatic carbocycles. The van der Waals surface area contributed by atoms with Gasteiger partial charge in [0.2, 0.25) is 0 Å². The molecule has 0 unspecified atom stereocenters. The summed E-state index contributed by atoms with van der Waals surface area (Å²) in [5, 5.41) is 0. The Kier molecular flexibility index (Phi) is 7.38. The summed E-state index contributed by atoms with van der Waals surface area (Å²) in [6, 6.07) is 11.1. The van der Waals surface area contributed by atoms with Crippen LogP contribution in [-0.4, -0.2) is 0 Å². The van der Waals surface area contributed by atoms with Crippen molar-refractivity contribution < 1.29 is 18.9 Å². The van der Waals surface area contributed by atoms with Gasteiger partial charge >= 0.3 is 18.9 Å². The number of hydrogen-bond donors (Lipinski definition) is 0. The molecule has 0 nitrogen and oxygen atoms in total. The van der Waals surface area contributed by atoms with Gasteiger partial charge in [0.05, 0.1) is 0 Å². The summed E-state index contributed by atoms with van der Waals surface area (Å²) in [5.41, 5.74) is 1.36. The molecule has 0 saturated carbocycles. The van der Waals surface area contributed by atoms with Gasteiger partial charge in [-0.15, -0.1) is 42.5 Å². The second-order valence-electron chi connectivity index (χ2n) is 4.44. The predicted molar refractivity (Wildman–Crippen MR) is 75.9 cm³/mol. The van der Waals surface area contributed by atoms with Crippen LogP contribution in [0.2, 0.25) is 0 Å². The van der Waals surface area contributed by atoms with E-state index in [0.717, 1.165) is 5.56 Å². The third kappa shape index (κ3) is 5.94. The van der Waals surface area contributed by atoms with Crippen LogP contribution in [0.1, 0.15) is 26.3 Å². The van der Waals surface area contributed by atoms with E-state index >= 15 is 0 Å². The molecule has 1 rings (SSSR count). The molecular weight excluding hydrogens is 302 g/mol. The van der Waals surface area contributed by atoms with Gasteiger partial charge < -0.3 is 0 Å². The predicted octanol–water partition coefficient (Wildman–Crippen LogP) is 1.87. The molecule has 0 spiro atoms. The summed E-state index contributed by atoms with van der Waals surface area (Å²) in [6.45, 7) is 6.65. The maximum Gasteiger partial charge on any atom is 1.00 e. The molecule has 16 heavy (non-hydrogen) atoms. The summed E-state index contributed by atoms with van der Waals surface area (Å²) >= 11 is 2.39. The minimum absolute atomic E-state index is 0. The quantitative estimate of drug-likeness (QED) is 0.338. The van der Waals surface area contributed by atoms with E-state index in [0.29, 0.717) is 0 Å². The average Bonchev–Trinajstić information content (AvgIpc) is 2.18. The minimum atomic E-state index is 0. The van der Waals surface area contributed by atoms with Crippen molar-refractivity contribution in [2.75, 3.05) is 0 Å². The van der Waals surface area contributed by atoms with E-state index in [9.17, 15) is 0 Å². The smallest absolute Gasteiger partial charge is 0.150 e. The van der Waals surface area contributed by atoms with Crippen molar-refractivity contribution in [1.82, 2.24) is 0 Å². The van der Waals surface area contributed by atoms with Crippen molar-refractivity contribution in [2.24, 2.45) is 5.41 Å². The zero-order valence-corrected chi connectivity index (χ0v) is 12.6. The van der Waals surface area contributed by atoms with E-state index in [1.807, 2.05) is 24.3 Å². The molecule has 1 aromatic rings. The summed E-state index contributed by atoms with van der Waals surface area (Å²) in [5.74, 6) is 0. The second kappa shape index (κ2) is 7.37. The Labute approximate surface area is 125 Å². The first kappa shape index (κ1) is 16.0. The summed E-state index contributed by atoms with van der Waals surface area (Å²) in [6.07, 6.45) is 6.31. The molecule has 0 amide bonds. The summed E-state index contributed by atoms with van der Waals surface area (Å²) < 4.78 is 1.35. The van der Waals surface area contributed by atoms with Crippen molar-refractivity contribution in [3.05, 3.63) is 51.6 Å². The Bertz CT molecular complexity index is 358. The minimum Gasteiger partial charge on any atom is -0.150 e. The van der Waals surface area contributed by atoms with Gasteiger partial charge in [0, 0.05) is 0 Å². The first-order valence-corrected chi connectivity index (χ1v) is 6.09. The summed E-state index contributed by atoms with van der Waals surface area (Å²) in [4.78, 5) is 0. The van der Waals surface area contributed by atoms with Crippen LogP contribution < -0.4 is 18.9 Å². The molecule has 0 atom stereocenters. The summed E-state index contributed by atoms with van der Waals surface area (Å²) in [7, 11) is 0. The Morgan fingerprint density at radius 3 is 2.50 bits per heavy atom. The molecule has 0 fully saturated rings. The van der Waals surface area contributed by atoms with Gasteiger partial charge in [-0.1, -0.05) is 26.8 Å². The standard InChI is InChI=1S/C14H16I.Li/c1-14(2,3)13(15)11-7-10-12-8-5-4-6-9-12;/h4-8,10-11H,1-3H3;/q-1;+1/b10-7-,13-11-;. The molecule has 0 aliphatic heterocycles. The van der Waals surface area contributed by atoms with Crippen LogP contribution in [0.25, 0.3) is 6.08 Å². The van der Waals surface area contributed by atoms with E-state index in [1.165, 1.54) is 3.58 Å². The fraction of sp³-hybridized carbons (Fsp3) is 0.286. The Balaban J connectivity index is 0.00000225. The van der Waals surface area contributed by atoms with Crippen molar-refractivity contribution >= 4 is 28.7 Å². The topological polar surface area (TPSA) is 0 Å². The zero-order valence-electron chi connectivity index (χ0n) is 10.4. The van der Waals surface area contributed by atoms with E-state index in [-0.39, 0.29) is 24.3 Å². The molecule has 0 radical (unpaired) electrons. The molecule has 0 N–H and O–H groups in total. The van der Waals surface area contributed by atoms with Gasteiger partial charge in [-0.2, -0.15) is 5.56 Å². The third-order valence-electron chi connectivity index (χ3n) is 1.97. The van der Waals surface area contributed by atoms with Crippen molar-refractivity contribution in [3.63, 3.8) is 0 Å². The SMILES string of the molecule is CC(C)(C)/C(I)=C/C=C\c1[c-]cccc1.[Li+]. The maximum atomic E-state index is 3.16. The maximum absolute atomic E-state index is 3.16. The van der Waals surface area contributed by atoms with E-state index in [4.69, 9.17) is 0 Å². The fourth-order valence-corrected chi connectivity index (χ4v) is 1.20. The van der Waals surface area contributed by atoms with Gasteiger partial charge in [-0.25, -0.2) is 0 Å². The Morgan fingerprint density at radius 1 is 1.31 bits per heavy atom. The third-order valence-corrected chi connectivity index (χ3v) is 3.95. The fourth-order valence-electron chi connectivity index (χ4n) is 0.997. The molecule has 0 aromatic heterocycles. The largest absolute Gasteiger partial charge is 1.00 e. The first-order chi connectivity index (χ1) is 7.00. The average molecular weight is 318 g/mol. The van der Waals surface area contributed by atoms with Crippen LogP contribution in [0.4, 0.5) is 0 Å². The monoisotopic (exact) mass is 318 g/mol. The van der Waals surface area contributed by atoms with Crippen molar-refractivity contribution in [1.29, 1.82) is 0 Å². The van der Waals surface area contributed by atoms with Crippen molar-refractivity contribution in [3.8, 4) is 0 Å². The first-order valence-electron chi connectivity index (χ1n) is 5.01. The number of hydrogen-bond acceptors (Lipinski definition) is 0. The number of halogens is 1. The van der Waals surface area contributed by atoms with Crippen LogP contribution in [0.15, 0.2) is 40.0 Å². The Hall–Kier alpha value is 0.0274. The van der Waals surface area contributed by atoms with Gasteiger partial charge in [0.1, 0.15) is 0 Å². The number of benzene rings is 1. The van der Waals surface area contributed by atoms with Crippen LogP contribution in [0.5, 0.6) is 0 Å². The van der Waals surface area contributed by atoms with Crippen LogP contribution >= 0.6 is 22.6 Å². The molecule has 80 valence electrons. The van der Waals surface area contributed by atoms with Crippen LogP contribution in [0, 0.1) is 11.5 Å². The van der Waals surface area contributed by atoms with Gasteiger partial charge in [-0.3, -0.25) is 0 Å². The van der Waals surface area contributed by atoms with Gasteiger partial charge in [-0.05, 0) is 31.6 Å². The van der Waals surface area contributed by atoms with Gasteiger partial charge in [0.25, 0.3) is 0 Å². The molecule has 0 aliphatic rings. The normalized spacial score (nSPS) is 12.6. The molecule has 0 saturated heterocycles. The number of allylic oxidation sites excluding steroid dienone is 3. The van der Waals surface area contributed by atoms with E-state index in [1.54, 1.807) is 0 Å². The molecule has 2 heteroatoms. The van der Waals surface area contributed by atoms with Gasteiger partial charge in [0.15, 0.2) is 0 Å². The van der Waals surface area contributed by atoms with E-state index in [2.05, 4.69) is 67.7 Å². The van der Waals surface area contributed by atoms with Crippen LogP contribution in [0.3, 0.4) is 0 Å². The molecule has 0 aliphatic carbocycles. The van der Waals surface area contributed by atoms with Crippen LogP contribution in [-0.2, 0) is 0 Å². The van der Waals surface area contributed by atoms with E-state index < -0.39 is 0 Å². The van der Waals surface area contributed by atoms with Crippen molar-refractivity contribution in [2.45, 2.75) is 20.8 Å². The molecule has 0 bridgehead atoms. The second-order valence-corrected chi connectivity index (χ2v) is 5.60.